The molecule has 19 heavy (non-hydrogen) atoms. The summed E-state index contributed by atoms with van der Waals surface area (Å²) in [7, 11) is 0. The largest absolute Gasteiger partial charge is 0.389 e. The van der Waals surface area contributed by atoms with Gasteiger partial charge in [0.2, 0.25) is 5.91 Å². The number of anilines is 1. The lowest BCUT2D eigenvalue weighted by Gasteiger charge is -2.25. The molecule has 2 rings (SSSR count). The molecule has 102 valence electrons. The van der Waals surface area contributed by atoms with E-state index < -0.39 is 23.6 Å². The number of nitrogens with two attached hydrogens (primary N) is 2. The molecule has 0 spiro atoms. The summed E-state index contributed by atoms with van der Waals surface area (Å²) in [4.78, 5) is 12.5. The smallest absolute Gasteiger partial charge is 0.240 e. The molecular formula is C12H13F2N3OS. The molecule has 0 aliphatic carbocycles. The van der Waals surface area contributed by atoms with Gasteiger partial charge in [-0.1, -0.05) is 12.2 Å². The average Bonchev–Trinajstić information content (AvgIpc) is 2.76. The van der Waals surface area contributed by atoms with E-state index in [1.165, 1.54) is 4.90 Å². The predicted molar refractivity (Wildman–Crippen MR) is 71.8 cm³/mol. The number of nitrogens with zero attached hydrogens (tertiary/aromatic N) is 1. The molecular weight excluding hydrogens is 272 g/mol. The minimum atomic E-state index is -0.795. The number of amides is 1. The zero-order valence-electron chi connectivity index (χ0n) is 10.0. The van der Waals surface area contributed by atoms with Crippen LogP contribution >= 0.6 is 12.2 Å². The van der Waals surface area contributed by atoms with Crippen molar-refractivity contribution in [1.29, 1.82) is 0 Å². The SMILES string of the molecule is NC(=O)C1CCCN1c1c(F)cc(C(N)=S)cc1F. The number of hydrogen-bond acceptors (Lipinski definition) is 3. The van der Waals surface area contributed by atoms with Crippen LogP contribution in [0.15, 0.2) is 12.1 Å². The topological polar surface area (TPSA) is 72.4 Å². The van der Waals surface area contributed by atoms with Crippen molar-refractivity contribution in [3.63, 3.8) is 0 Å². The summed E-state index contributed by atoms with van der Waals surface area (Å²) in [6.45, 7) is 0.383. The van der Waals surface area contributed by atoms with Crippen molar-refractivity contribution < 1.29 is 13.6 Å². The van der Waals surface area contributed by atoms with Crippen LogP contribution in [0.2, 0.25) is 0 Å². The fraction of sp³-hybridized carbons (Fsp3) is 0.333. The van der Waals surface area contributed by atoms with Gasteiger partial charge in [0.05, 0.1) is 0 Å². The molecule has 1 aliphatic rings. The van der Waals surface area contributed by atoms with E-state index in [1.807, 2.05) is 0 Å². The van der Waals surface area contributed by atoms with Gasteiger partial charge in [-0.05, 0) is 25.0 Å². The van der Waals surface area contributed by atoms with Crippen molar-refractivity contribution in [3.8, 4) is 0 Å². The van der Waals surface area contributed by atoms with Gasteiger partial charge in [0, 0.05) is 12.1 Å². The van der Waals surface area contributed by atoms with Crippen molar-refractivity contribution in [3.05, 3.63) is 29.3 Å². The number of benzene rings is 1. The minimum absolute atomic E-state index is 0.0859. The van der Waals surface area contributed by atoms with Crippen molar-refractivity contribution in [2.45, 2.75) is 18.9 Å². The van der Waals surface area contributed by atoms with Gasteiger partial charge < -0.3 is 16.4 Å². The Morgan fingerprint density at radius 3 is 2.37 bits per heavy atom. The molecule has 0 saturated carbocycles. The molecule has 1 aliphatic heterocycles. The third-order valence-corrected chi connectivity index (χ3v) is 3.41. The van der Waals surface area contributed by atoms with Crippen LogP contribution in [0.3, 0.4) is 0 Å². The summed E-state index contributed by atoms with van der Waals surface area (Å²) in [5.41, 5.74) is 10.4. The van der Waals surface area contributed by atoms with Crippen LogP contribution in [-0.4, -0.2) is 23.5 Å². The molecule has 1 amide bonds. The number of rotatable bonds is 3. The first-order valence-electron chi connectivity index (χ1n) is 5.76. The van der Waals surface area contributed by atoms with E-state index in [4.69, 9.17) is 11.5 Å². The Balaban J connectivity index is 2.45. The van der Waals surface area contributed by atoms with Crippen LogP contribution in [-0.2, 0) is 4.79 Å². The van der Waals surface area contributed by atoms with Crippen LogP contribution in [0.5, 0.6) is 0 Å². The highest BCUT2D eigenvalue weighted by Gasteiger charge is 2.32. The molecule has 1 fully saturated rings. The normalized spacial score (nSPS) is 18.6. The molecule has 0 radical (unpaired) electrons. The van der Waals surface area contributed by atoms with E-state index >= 15 is 0 Å². The maximum Gasteiger partial charge on any atom is 0.240 e. The molecule has 1 atom stereocenters. The fourth-order valence-electron chi connectivity index (χ4n) is 2.31. The van der Waals surface area contributed by atoms with Gasteiger partial charge >= 0.3 is 0 Å². The predicted octanol–water partition coefficient (Wildman–Crippen LogP) is 1.05. The molecule has 1 saturated heterocycles. The molecule has 0 bridgehead atoms. The van der Waals surface area contributed by atoms with E-state index in [0.717, 1.165) is 12.1 Å². The highest BCUT2D eigenvalue weighted by molar-refractivity contribution is 7.80. The van der Waals surface area contributed by atoms with E-state index in [-0.39, 0.29) is 16.2 Å². The van der Waals surface area contributed by atoms with Gasteiger partial charge in [0.15, 0.2) is 0 Å². The summed E-state index contributed by atoms with van der Waals surface area (Å²) < 4.78 is 28.0. The third kappa shape index (κ3) is 2.51. The summed E-state index contributed by atoms with van der Waals surface area (Å²) in [6, 6.07) is 1.45. The first-order chi connectivity index (χ1) is 8.91. The lowest BCUT2D eigenvalue weighted by Crippen LogP contribution is -2.41. The molecule has 1 aromatic carbocycles. The van der Waals surface area contributed by atoms with Crippen molar-refractivity contribution in [1.82, 2.24) is 0 Å². The number of halogens is 2. The number of carbonyl (C=O) groups excluding carboxylic acids is 1. The van der Waals surface area contributed by atoms with Crippen molar-refractivity contribution >= 4 is 28.8 Å². The van der Waals surface area contributed by atoms with Crippen LogP contribution in [0.4, 0.5) is 14.5 Å². The number of primary amides is 1. The Labute approximate surface area is 114 Å². The second kappa shape index (κ2) is 5.08. The number of thiocarbonyl (C=S) groups is 1. The molecule has 7 heteroatoms. The van der Waals surface area contributed by atoms with Gasteiger partial charge in [-0.3, -0.25) is 4.79 Å². The second-order valence-electron chi connectivity index (χ2n) is 4.41. The summed E-state index contributed by atoms with van der Waals surface area (Å²) in [5, 5.41) is 0. The van der Waals surface area contributed by atoms with Gasteiger partial charge in [-0.2, -0.15) is 0 Å². The Hall–Kier alpha value is -1.76. The minimum Gasteiger partial charge on any atom is -0.389 e. The average molecular weight is 285 g/mol. The first-order valence-corrected chi connectivity index (χ1v) is 6.17. The Morgan fingerprint density at radius 1 is 1.32 bits per heavy atom. The Bertz CT molecular complexity index is 527. The highest BCUT2D eigenvalue weighted by Crippen LogP contribution is 2.31. The molecule has 1 unspecified atom stereocenters. The van der Waals surface area contributed by atoms with Crippen LogP contribution in [0, 0.1) is 11.6 Å². The summed E-state index contributed by atoms with van der Waals surface area (Å²) >= 11 is 4.68. The Morgan fingerprint density at radius 2 is 1.89 bits per heavy atom. The zero-order valence-corrected chi connectivity index (χ0v) is 10.8. The van der Waals surface area contributed by atoms with Crippen LogP contribution in [0.25, 0.3) is 0 Å². The van der Waals surface area contributed by atoms with Gasteiger partial charge in [0.25, 0.3) is 0 Å². The summed E-state index contributed by atoms with van der Waals surface area (Å²) in [5.74, 6) is -2.18. The summed E-state index contributed by atoms with van der Waals surface area (Å²) in [6.07, 6.45) is 1.15. The lowest BCUT2D eigenvalue weighted by atomic mass is 10.1. The zero-order chi connectivity index (χ0) is 14.2. The van der Waals surface area contributed by atoms with E-state index in [9.17, 15) is 13.6 Å². The molecule has 0 aromatic heterocycles. The fourth-order valence-corrected chi connectivity index (χ4v) is 2.43. The monoisotopic (exact) mass is 285 g/mol. The van der Waals surface area contributed by atoms with Crippen molar-refractivity contribution in [2.75, 3.05) is 11.4 Å². The van der Waals surface area contributed by atoms with Gasteiger partial charge in [-0.15, -0.1) is 0 Å². The third-order valence-electron chi connectivity index (χ3n) is 3.17. The first kappa shape index (κ1) is 13.7. The second-order valence-corrected chi connectivity index (χ2v) is 4.85. The quantitative estimate of drug-likeness (QED) is 0.814. The lowest BCUT2D eigenvalue weighted by molar-refractivity contribution is -0.119. The van der Waals surface area contributed by atoms with E-state index in [1.54, 1.807) is 0 Å². The maximum atomic E-state index is 14.0. The van der Waals surface area contributed by atoms with E-state index in [0.29, 0.717) is 19.4 Å². The molecule has 4 nitrogen and oxygen atoms in total. The number of hydrogen-bond donors (Lipinski definition) is 2. The Kier molecular flexibility index (Phi) is 3.66. The molecule has 1 aromatic rings. The van der Waals surface area contributed by atoms with Gasteiger partial charge in [-0.25, -0.2) is 8.78 Å². The molecule has 4 N–H and O–H groups in total. The van der Waals surface area contributed by atoms with Crippen molar-refractivity contribution in [2.24, 2.45) is 11.5 Å². The highest BCUT2D eigenvalue weighted by atomic mass is 32.1. The van der Waals surface area contributed by atoms with E-state index in [2.05, 4.69) is 12.2 Å². The number of carbonyl (C=O) groups is 1. The van der Waals surface area contributed by atoms with Crippen LogP contribution in [0.1, 0.15) is 18.4 Å². The van der Waals surface area contributed by atoms with Gasteiger partial charge in [0.1, 0.15) is 28.4 Å². The standard InChI is InChI=1S/C12H13F2N3OS/c13-7-4-6(12(16)19)5-8(14)10(7)17-3-1-2-9(17)11(15)18/h4-5,9H,1-3H2,(H2,15,18)(H2,16,19). The molecule has 1 heterocycles. The maximum absolute atomic E-state index is 14.0. The van der Waals surface area contributed by atoms with Crippen LogP contribution < -0.4 is 16.4 Å².